The van der Waals surface area contributed by atoms with E-state index in [2.05, 4.69) is 5.32 Å². The molecule has 1 N–H and O–H groups in total. The molecule has 0 radical (unpaired) electrons. The first kappa shape index (κ1) is 27.0. The molecule has 1 aromatic rings. The number of esters is 1. The van der Waals surface area contributed by atoms with E-state index >= 15 is 0 Å². The lowest BCUT2D eigenvalue weighted by atomic mass is 10.1. The highest BCUT2D eigenvalue weighted by Gasteiger charge is 2.31. The number of carbonyl (C=O) groups excluding carboxylic acids is 1. The minimum atomic E-state index is -4.12. The average Bonchev–Trinajstić information content (AvgIpc) is 2.68. The Hall–Kier alpha value is -2.01. The monoisotopic (exact) mass is 468 g/mol. The molecule has 0 aliphatic rings. The Morgan fingerprint density at radius 1 is 1.10 bits per heavy atom. The number of halogens is 3. The zero-order chi connectivity index (χ0) is 23.7. The topological polar surface area (TPSA) is 84.9 Å². The van der Waals surface area contributed by atoms with E-state index in [1.54, 1.807) is 6.92 Å². The number of sulfonamides is 1. The van der Waals surface area contributed by atoms with Crippen molar-refractivity contribution in [1.82, 2.24) is 4.31 Å². The molecule has 11 heteroatoms. The molecule has 0 aliphatic heterocycles. The lowest BCUT2D eigenvalue weighted by Crippen LogP contribution is -2.25. The molecule has 0 aliphatic carbocycles. The summed E-state index contributed by atoms with van der Waals surface area (Å²) >= 11 is 0. The van der Waals surface area contributed by atoms with Gasteiger partial charge in [0.1, 0.15) is 10.5 Å². The average molecular weight is 469 g/mol. The van der Waals surface area contributed by atoms with Gasteiger partial charge in [-0.1, -0.05) is 19.3 Å². The summed E-state index contributed by atoms with van der Waals surface area (Å²) < 4.78 is 73.7. The summed E-state index contributed by atoms with van der Waals surface area (Å²) in [7, 11) is -0.0171. The van der Waals surface area contributed by atoms with Gasteiger partial charge in [0, 0.05) is 27.1 Å². The highest BCUT2D eigenvalue weighted by Crippen LogP contribution is 2.37. The Bertz CT molecular complexity index is 827. The van der Waals surface area contributed by atoms with Gasteiger partial charge < -0.3 is 14.8 Å². The number of hydrogen-bond donors (Lipinski definition) is 1. The Balaban J connectivity index is 2.95. The molecule has 178 valence electrons. The van der Waals surface area contributed by atoms with Crippen molar-refractivity contribution in [2.24, 2.45) is 0 Å². The molecule has 0 aromatic heterocycles. The van der Waals surface area contributed by atoms with Crippen LogP contribution in [0.3, 0.4) is 0 Å². The van der Waals surface area contributed by atoms with Crippen LogP contribution in [0, 0.1) is 0 Å². The van der Waals surface area contributed by atoms with E-state index in [0.29, 0.717) is 32.2 Å². The summed E-state index contributed by atoms with van der Waals surface area (Å²) in [6, 6.07) is 2.92. The van der Waals surface area contributed by atoms with Gasteiger partial charge in [-0.25, -0.2) is 17.5 Å². The fourth-order valence-electron chi connectivity index (χ4n) is 2.90. The number of carbonyl (C=O) groups is 1. The minimum absolute atomic E-state index is 0.00000959. The first-order valence-corrected chi connectivity index (χ1v) is 11.5. The van der Waals surface area contributed by atoms with Crippen molar-refractivity contribution in [2.45, 2.75) is 56.5 Å². The Morgan fingerprint density at radius 3 is 2.26 bits per heavy atom. The third kappa shape index (κ3) is 8.21. The van der Waals surface area contributed by atoms with Crippen molar-refractivity contribution < 1.29 is 35.9 Å². The predicted octanol–water partition coefficient (Wildman–Crippen LogP) is 4.44. The van der Waals surface area contributed by atoms with E-state index in [4.69, 9.17) is 9.47 Å². The van der Waals surface area contributed by atoms with Crippen LogP contribution in [0.15, 0.2) is 17.0 Å². The molecule has 0 unspecified atom stereocenters. The third-order valence-electron chi connectivity index (χ3n) is 4.50. The maximum Gasteiger partial charge on any atom is 0.389 e. The van der Waals surface area contributed by atoms with Crippen molar-refractivity contribution in [3.8, 4) is 5.75 Å². The molecule has 0 spiro atoms. The summed E-state index contributed by atoms with van der Waals surface area (Å²) in [4.78, 5) is 12.0. The van der Waals surface area contributed by atoms with Crippen LogP contribution in [0.5, 0.6) is 5.75 Å². The molecule has 1 aromatic carbocycles. The van der Waals surface area contributed by atoms with Gasteiger partial charge in [-0.3, -0.25) is 0 Å². The maximum atomic E-state index is 13.0. The van der Waals surface area contributed by atoms with Gasteiger partial charge in [0.05, 0.1) is 19.4 Å². The lowest BCUT2D eigenvalue weighted by Gasteiger charge is -2.21. The molecule has 31 heavy (non-hydrogen) atoms. The van der Waals surface area contributed by atoms with Crippen LogP contribution in [0.4, 0.5) is 18.9 Å². The fourth-order valence-corrected chi connectivity index (χ4v) is 4.09. The maximum absolute atomic E-state index is 13.0. The molecule has 0 saturated carbocycles. The van der Waals surface area contributed by atoms with Gasteiger partial charge in [-0.15, -0.1) is 0 Å². The normalized spacial score (nSPS) is 12.1. The third-order valence-corrected chi connectivity index (χ3v) is 6.38. The van der Waals surface area contributed by atoms with E-state index in [0.717, 1.165) is 4.31 Å². The van der Waals surface area contributed by atoms with Crippen molar-refractivity contribution in [1.29, 1.82) is 0 Å². The Kier molecular flexibility index (Phi) is 10.6. The number of anilines is 1. The number of rotatable bonds is 13. The zero-order valence-electron chi connectivity index (χ0n) is 18.3. The summed E-state index contributed by atoms with van der Waals surface area (Å²) in [6.45, 7) is 2.23. The van der Waals surface area contributed by atoms with E-state index in [-0.39, 0.29) is 34.9 Å². The molecule has 0 bridgehead atoms. The molecule has 7 nitrogen and oxygen atoms in total. The first-order chi connectivity index (χ1) is 14.5. The van der Waals surface area contributed by atoms with E-state index in [1.807, 2.05) is 0 Å². The van der Waals surface area contributed by atoms with Crippen molar-refractivity contribution in [2.75, 3.05) is 39.7 Å². The van der Waals surface area contributed by atoms with Crippen LogP contribution in [-0.4, -0.2) is 59.2 Å². The first-order valence-electron chi connectivity index (χ1n) is 10.1. The van der Waals surface area contributed by atoms with Gasteiger partial charge >= 0.3 is 12.1 Å². The summed E-state index contributed by atoms with van der Waals surface area (Å²) in [5.41, 5.74) is 0.280. The fraction of sp³-hybridized carbons (Fsp3) is 0.650. The van der Waals surface area contributed by atoms with E-state index in [1.165, 1.54) is 33.3 Å². The quantitative estimate of drug-likeness (QED) is 0.340. The van der Waals surface area contributed by atoms with Gasteiger partial charge in [-0.2, -0.15) is 13.2 Å². The molecule has 0 heterocycles. The van der Waals surface area contributed by atoms with Gasteiger partial charge in [0.25, 0.3) is 0 Å². The number of unbranched alkanes of at least 4 members (excludes halogenated alkanes) is 4. The summed E-state index contributed by atoms with van der Waals surface area (Å²) in [5, 5.41) is 3.05. The van der Waals surface area contributed by atoms with Crippen molar-refractivity contribution in [3.63, 3.8) is 0 Å². The number of benzene rings is 1. The number of hydrogen-bond acceptors (Lipinski definition) is 6. The Labute approximate surface area is 181 Å². The number of ether oxygens (including phenoxy) is 2. The second-order valence-corrected chi connectivity index (χ2v) is 9.18. The second-order valence-electron chi connectivity index (χ2n) is 7.09. The molecular formula is C20H31F3N2O5S. The van der Waals surface area contributed by atoms with Crippen molar-refractivity contribution in [3.05, 3.63) is 17.7 Å². The smallest absolute Gasteiger partial charge is 0.389 e. The second kappa shape index (κ2) is 12.1. The van der Waals surface area contributed by atoms with Gasteiger partial charge in [-0.05, 0) is 31.9 Å². The molecular weight excluding hydrogens is 437 g/mol. The SMILES string of the molecule is CCOc1c(C(=O)OC)ccc(NCCCCCCCC(F)(F)F)c1S(=O)(=O)N(C)C. The summed E-state index contributed by atoms with van der Waals surface area (Å²) in [6.07, 6.45) is -2.29. The molecule has 0 saturated heterocycles. The number of alkyl halides is 3. The van der Waals surface area contributed by atoms with Crippen LogP contribution in [-0.2, 0) is 14.8 Å². The minimum Gasteiger partial charge on any atom is -0.491 e. The Morgan fingerprint density at radius 2 is 1.71 bits per heavy atom. The lowest BCUT2D eigenvalue weighted by molar-refractivity contribution is -0.135. The van der Waals surface area contributed by atoms with Crippen LogP contribution in [0.25, 0.3) is 0 Å². The summed E-state index contributed by atoms with van der Waals surface area (Å²) in [5.74, 6) is -0.802. The number of nitrogens with zero attached hydrogens (tertiary/aromatic N) is 1. The molecule has 1 rings (SSSR count). The van der Waals surface area contributed by atoms with E-state index < -0.39 is 28.6 Å². The number of methoxy groups -OCH3 is 1. The van der Waals surface area contributed by atoms with Gasteiger partial charge in [0.15, 0.2) is 5.75 Å². The molecule has 0 atom stereocenters. The largest absolute Gasteiger partial charge is 0.491 e. The van der Waals surface area contributed by atoms with Crippen LogP contribution < -0.4 is 10.1 Å². The van der Waals surface area contributed by atoms with Crippen molar-refractivity contribution >= 4 is 21.7 Å². The van der Waals surface area contributed by atoms with Crippen LogP contribution in [0.2, 0.25) is 0 Å². The zero-order valence-corrected chi connectivity index (χ0v) is 19.2. The highest BCUT2D eigenvalue weighted by molar-refractivity contribution is 7.89. The van der Waals surface area contributed by atoms with Gasteiger partial charge in [0.2, 0.25) is 10.0 Å². The molecule has 0 amide bonds. The predicted molar refractivity (Wildman–Crippen MR) is 112 cm³/mol. The highest BCUT2D eigenvalue weighted by atomic mass is 32.2. The standard InChI is InChI=1S/C20H31F3N2O5S/c1-5-30-17-15(19(26)29-4)11-12-16(18(17)31(27,28)25(2)3)24-14-10-8-6-7-9-13-20(21,22)23/h11-12,24H,5-10,13-14H2,1-4H3. The molecule has 0 fully saturated rings. The van der Waals surface area contributed by atoms with Crippen LogP contribution in [0.1, 0.15) is 55.8 Å². The number of nitrogens with one attached hydrogen (secondary N) is 1. The van der Waals surface area contributed by atoms with E-state index in [9.17, 15) is 26.4 Å². The van der Waals surface area contributed by atoms with Crippen LogP contribution >= 0.6 is 0 Å².